The maximum Gasteiger partial charge on any atom is 0.416 e. The van der Waals surface area contributed by atoms with Crippen LogP contribution in [-0.2, 0) is 12.6 Å². The fourth-order valence-electron chi connectivity index (χ4n) is 2.14. The van der Waals surface area contributed by atoms with Gasteiger partial charge in [0.15, 0.2) is 0 Å². The highest BCUT2D eigenvalue weighted by Gasteiger charge is 2.30. The van der Waals surface area contributed by atoms with Gasteiger partial charge in [0.25, 0.3) is 0 Å². The molecule has 0 radical (unpaired) electrons. The van der Waals surface area contributed by atoms with E-state index < -0.39 is 11.7 Å². The van der Waals surface area contributed by atoms with Gasteiger partial charge in [-0.2, -0.15) is 13.2 Å². The van der Waals surface area contributed by atoms with E-state index in [0.717, 1.165) is 24.8 Å². The Morgan fingerprint density at radius 1 is 1.28 bits per heavy atom. The van der Waals surface area contributed by atoms with E-state index in [4.69, 9.17) is 5.73 Å². The normalized spacial score (nSPS) is 17.8. The van der Waals surface area contributed by atoms with Gasteiger partial charge >= 0.3 is 6.18 Å². The SMILES string of the molecule is NC(CCC1CC1)Cc1cccc(C(F)(F)F)c1. The molecule has 2 N–H and O–H groups in total. The van der Waals surface area contributed by atoms with Crippen molar-refractivity contribution in [3.05, 3.63) is 35.4 Å². The number of alkyl halides is 3. The quantitative estimate of drug-likeness (QED) is 0.853. The molecule has 0 spiro atoms. The molecule has 1 aliphatic rings. The fraction of sp³-hybridized carbons (Fsp3) is 0.571. The lowest BCUT2D eigenvalue weighted by Crippen LogP contribution is -2.23. The molecule has 0 saturated heterocycles. The lowest BCUT2D eigenvalue weighted by molar-refractivity contribution is -0.137. The maximum atomic E-state index is 12.5. The Morgan fingerprint density at radius 2 is 2.00 bits per heavy atom. The summed E-state index contributed by atoms with van der Waals surface area (Å²) in [4.78, 5) is 0. The second kappa shape index (κ2) is 5.31. The Balaban J connectivity index is 1.91. The molecule has 0 amide bonds. The van der Waals surface area contributed by atoms with Crippen LogP contribution in [0.15, 0.2) is 24.3 Å². The van der Waals surface area contributed by atoms with Crippen LogP contribution in [0.3, 0.4) is 0 Å². The molecule has 1 fully saturated rings. The van der Waals surface area contributed by atoms with Gasteiger partial charge in [-0.25, -0.2) is 0 Å². The topological polar surface area (TPSA) is 26.0 Å². The van der Waals surface area contributed by atoms with E-state index in [1.807, 2.05) is 0 Å². The van der Waals surface area contributed by atoms with Gasteiger partial charge in [0.2, 0.25) is 0 Å². The Bertz CT molecular complexity index is 396. The van der Waals surface area contributed by atoms with E-state index in [9.17, 15) is 13.2 Å². The van der Waals surface area contributed by atoms with Gasteiger partial charge in [0, 0.05) is 6.04 Å². The minimum Gasteiger partial charge on any atom is -0.327 e. The second-order valence-electron chi connectivity index (χ2n) is 5.18. The predicted octanol–water partition coefficient (Wildman–Crippen LogP) is 3.77. The van der Waals surface area contributed by atoms with Crippen molar-refractivity contribution in [2.45, 2.75) is 44.3 Å². The number of hydrogen-bond acceptors (Lipinski definition) is 1. The first kappa shape index (κ1) is 13.4. The summed E-state index contributed by atoms with van der Waals surface area (Å²) >= 11 is 0. The van der Waals surface area contributed by atoms with Gasteiger partial charge in [-0.1, -0.05) is 31.0 Å². The van der Waals surface area contributed by atoms with Gasteiger partial charge in [0.05, 0.1) is 5.56 Å². The largest absolute Gasteiger partial charge is 0.416 e. The molecule has 1 atom stereocenters. The summed E-state index contributed by atoms with van der Waals surface area (Å²) in [6.45, 7) is 0. The van der Waals surface area contributed by atoms with Crippen molar-refractivity contribution in [1.82, 2.24) is 0 Å². The first-order chi connectivity index (χ1) is 8.45. The zero-order valence-electron chi connectivity index (χ0n) is 10.2. The lowest BCUT2D eigenvalue weighted by Gasteiger charge is -2.13. The molecule has 100 valence electrons. The first-order valence-corrected chi connectivity index (χ1v) is 6.37. The summed E-state index contributed by atoms with van der Waals surface area (Å²) in [5, 5.41) is 0. The minimum absolute atomic E-state index is 0.0333. The highest BCUT2D eigenvalue weighted by atomic mass is 19.4. The van der Waals surface area contributed by atoms with Crippen molar-refractivity contribution < 1.29 is 13.2 Å². The molecule has 1 nitrogen and oxygen atoms in total. The molecule has 0 bridgehead atoms. The summed E-state index contributed by atoms with van der Waals surface area (Å²) < 4.78 is 37.6. The van der Waals surface area contributed by atoms with Crippen LogP contribution in [0.2, 0.25) is 0 Å². The van der Waals surface area contributed by atoms with Crippen molar-refractivity contribution in [3.8, 4) is 0 Å². The van der Waals surface area contributed by atoms with E-state index in [0.29, 0.717) is 12.0 Å². The van der Waals surface area contributed by atoms with Gasteiger partial charge in [-0.05, 0) is 36.8 Å². The Kier molecular flexibility index (Phi) is 3.95. The number of hydrogen-bond donors (Lipinski definition) is 1. The molecule has 1 saturated carbocycles. The minimum atomic E-state index is -4.27. The van der Waals surface area contributed by atoms with Gasteiger partial charge in [-0.3, -0.25) is 0 Å². The number of benzene rings is 1. The van der Waals surface area contributed by atoms with Crippen LogP contribution in [0.25, 0.3) is 0 Å². The van der Waals surface area contributed by atoms with Gasteiger partial charge in [-0.15, -0.1) is 0 Å². The van der Waals surface area contributed by atoms with E-state index in [1.54, 1.807) is 6.07 Å². The number of rotatable bonds is 5. The fourth-order valence-corrected chi connectivity index (χ4v) is 2.14. The smallest absolute Gasteiger partial charge is 0.327 e. The van der Waals surface area contributed by atoms with E-state index in [2.05, 4.69) is 0 Å². The van der Waals surface area contributed by atoms with Crippen LogP contribution in [-0.4, -0.2) is 6.04 Å². The molecule has 4 heteroatoms. The Labute approximate surface area is 105 Å². The number of nitrogens with two attached hydrogens (primary N) is 1. The maximum absolute atomic E-state index is 12.5. The van der Waals surface area contributed by atoms with Crippen molar-refractivity contribution in [3.63, 3.8) is 0 Å². The van der Waals surface area contributed by atoms with Crippen molar-refractivity contribution in [2.24, 2.45) is 11.7 Å². The van der Waals surface area contributed by atoms with Crippen LogP contribution in [0.5, 0.6) is 0 Å². The predicted molar refractivity (Wildman–Crippen MR) is 65.1 cm³/mol. The molecule has 0 heterocycles. The van der Waals surface area contributed by atoms with Crippen LogP contribution in [0, 0.1) is 5.92 Å². The van der Waals surface area contributed by atoms with Crippen LogP contribution < -0.4 is 5.73 Å². The average molecular weight is 257 g/mol. The van der Waals surface area contributed by atoms with Crippen molar-refractivity contribution in [1.29, 1.82) is 0 Å². The summed E-state index contributed by atoms with van der Waals surface area (Å²) in [6, 6.07) is 5.43. The molecule has 1 aromatic rings. The Hall–Kier alpha value is -1.03. The van der Waals surface area contributed by atoms with E-state index in [1.165, 1.54) is 25.0 Å². The molecule has 1 aromatic carbocycles. The van der Waals surface area contributed by atoms with Crippen molar-refractivity contribution >= 4 is 0 Å². The van der Waals surface area contributed by atoms with Crippen molar-refractivity contribution in [2.75, 3.05) is 0 Å². The summed E-state index contributed by atoms with van der Waals surface area (Å²) in [5.74, 6) is 0.817. The van der Waals surface area contributed by atoms with Gasteiger partial charge < -0.3 is 5.73 Å². The zero-order valence-corrected chi connectivity index (χ0v) is 10.2. The molecule has 18 heavy (non-hydrogen) atoms. The third kappa shape index (κ3) is 4.02. The molecular formula is C14H18F3N. The molecule has 0 aliphatic heterocycles. The second-order valence-corrected chi connectivity index (χ2v) is 5.18. The standard InChI is InChI=1S/C14H18F3N/c15-14(16,17)12-3-1-2-11(8-12)9-13(18)7-6-10-4-5-10/h1-3,8,10,13H,4-7,9,18H2. The summed E-state index contributed by atoms with van der Waals surface area (Å²) in [5.41, 5.74) is 6.05. The summed E-state index contributed by atoms with van der Waals surface area (Å²) in [6.07, 6.45) is 0.846. The average Bonchev–Trinajstić information content (AvgIpc) is 3.09. The monoisotopic (exact) mass is 257 g/mol. The third-order valence-corrected chi connectivity index (χ3v) is 3.39. The van der Waals surface area contributed by atoms with E-state index >= 15 is 0 Å². The molecule has 1 unspecified atom stereocenters. The Morgan fingerprint density at radius 3 is 2.61 bits per heavy atom. The summed E-state index contributed by atoms with van der Waals surface area (Å²) in [7, 11) is 0. The first-order valence-electron chi connectivity index (χ1n) is 6.37. The highest BCUT2D eigenvalue weighted by molar-refractivity contribution is 5.26. The van der Waals surface area contributed by atoms with E-state index in [-0.39, 0.29) is 6.04 Å². The van der Waals surface area contributed by atoms with Crippen LogP contribution in [0.4, 0.5) is 13.2 Å². The lowest BCUT2D eigenvalue weighted by atomic mass is 10.00. The van der Waals surface area contributed by atoms with Crippen LogP contribution in [0.1, 0.15) is 36.8 Å². The molecular weight excluding hydrogens is 239 g/mol. The number of halogens is 3. The van der Waals surface area contributed by atoms with Gasteiger partial charge in [0.1, 0.15) is 0 Å². The highest BCUT2D eigenvalue weighted by Crippen LogP contribution is 2.34. The zero-order chi connectivity index (χ0) is 13.2. The van der Waals surface area contributed by atoms with Crippen LogP contribution >= 0.6 is 0 Å². The molecule has 1 aliphatic carbocycles. The third-order valence-electron chi connectivity index (χ3n) is 3.39. The molecule has 2 rings (SSSR count). The molecule has 0 aromatic heterocycles.